The summed E-state index contributed by atoms with van der Waals surface area (Å²) < 4.78 is 5.19. The molecule has 0 bridgehead atoms. The van der Waals surface area contributed by atoms with Crippen LogP contribution in [-0.2, 0) is 4.74 Å². The number of ether oxygens (including phenoxy) is 1. The minimum absolute atomic E-state index is 0.302. The molecule has 0 saturated carbocycles. The first kappa shape index (κ1) is 7.34. The molecule has 4 heteroatoms. The van der Waals surface area contributed by atoms with Crippen LogP contribution < -0.4 is 10.7 Å². The second-order valence-corrected chi connectivity index (χ2v) is 2.69. The first-order valence-electron chi connectivity index (χ1n) is 3.27. The molecule has 0 amide bonds. The summed E-state index contributed by atoms with van der Waals surface area (Å²) in [6.45, 7) is 4.62. The molecular weight excluding hydrogens is 130 g/mol. The minimum atomic E-state index is -0.302. The molecule has 0 aromatic carbocycles. The first-order valence-corrected chi connectivity index (χ1v) is 3.27. The van der Waals surface area contributed by atoms with E-state index in [0.29, 0.717) is 6.67 Å². The third-order valence-electron chi connectivity index (χ3n) is 1.61. The van der Waals surface area contributed by atoms with Crippen molar-refractivity contribution in [1.29, 1.82) is 0 Å². The van der Waals surface area contributed by atoms with E-state index in [2.05, 4.69) is 15.8 Å². The van der Waals surface area contributed by atoms with E-state index in [0.717, 1.165) is 5.84 Å². The molecule has 4 nitrogen and oxygen atoms in total. The third kappa shape index (κ3) is 1.21. The molecule has 58 valence electrons. The lowest BCUT2D eigenvalue weighted by Gasteiger charge is -2.21. The lowest BCUT2D eigenvalue weighted by Crippen LogP contribution is -2.41. The summed E-state index contributed by atoms with van der Waals surface area (Å²) in [5.74, 6) is 0.856. The second-order valence-electron chi connectivity index (χ2n) is 2.69. The molecule has 1 aliphatic heterocycles. The van der Waals surface area contributed by atoms with Crippen molar-refractivity contribution in [2.24, 2.45) is 5.10 Å². The molecule has 10 heavy (non-hydrogen) atoms. The second kappa shape index (κ2) is 2.46. The summed E-state index contributed by atoms with van der Waals surface area (Å²) >= 11 is 0. The molecule has 0 saturated heterocycles. The average Bonchev–Trinajstić information content (AvgIpc) is 2.38. The number of methoxy groups -OCH3 is 1. The summed E-state index contributed by atoms with van der Waals surface area (Å²) in [5.41, 5.74) is 2.51. The number of hydrazone groups is 1. The third-order valence-corrected chi connectivity index (χ3v) is 1.61. The molecule has 0 unspecified atom stereocenters. The zero-order valence-electron chi connectivity index (χ0n) is 6.56. The van der Waals surface area contributed by atoms with Crippen molar-refractivity contribution in [1.82, 2.24) is 10.7 Å². The highest BCUT2D eigenvalue weighted by Crippen LogP contribution is 2.09. The van der Waals surface area contributed by atoms with Crippen LogP contribution in [-0.4, -0.2) is 25.2 Å². The highest BCUT2D eigenvalue weighted by atomic mass is 16.5. The van der Waals surface area contributed by atoms with Gasteiger partial charge in [-0.2, -0.15) is 5.10 Å². The van der Waals surface area contributed by atoms with Gasteiger partial charge in [0.15, 0.2) is 5.84 Å². The van der Waals surface area contributed by atoms with Gasteiger partial charge in [-0.05, 0) is 13.8 Å². The first-order chi connectivity index (χ1) is 4.67. The smallest absolute Gasteiger partial charge is 0.155 e. The van der Waals surface area contributed by atoms with E-state index in [1.54, 1.807) is 7.11 Å². The molecule has 1 aliphatic rings. The van der Waals surface area contributed by atoms with Crippen LogP contribution in [0.5, 0.6) is 0 Å². The normalized spacial score (nSPS) is 17.7. The Hall–Kier alpha value is -0.770. The Morgan fingerprint density at radius 2 is 2.30 bits per heavy atom. The SMILES string of the molecule is COC(C)(C)C1=NNCN1. The van der Waals surface area contributed by atoms with Crippen LogP contribution in [0.25, 0.3) is 0 Å². The maximum absolute atomic E-state index is 5.19. The van der Waals surface area contributed by atoms with Crippen LogP contribution in [0.15, 0.2) is 5.10 Å². The molecule has 2 N–H and O–H groups in total. The van der Waals surface area contributed by atoms with Gasteiger partial charge in [-0.25, -0.2) is 0 Å². The lowest BCUT2D eigenvalue weighted by molar-refractivity contribution is 0.0805. The topological polar surface area (TPSA) is 45.6 Å². The highest BCUT2D eigenvalue weighted by Gasteiger charge is 2.26. The van der Waals surface area contributed by atoms with Crippen LogP contribution in [0.3, 0.4) is 0 Å². The maximum atomic E-state index is 5.19. The fourth-order valence-electron chi connectivity index (χ4n) is 0.726. The van der Waals surface area contributed by atoms with E-state index in [-0.39, 0.29) is 5.60 Å². The molecule has 0 aromatic heterocycles. The summed E-state index contributed by atoms with van der Waals surface area (Å²) in [7, 11) is 1.67. The quantitative estimate of drug-likeness (QED) is 0.566. The van der Waals surface area contributed by atoms with E-state index in [1.807, 2.05) is 13.8 Å². The van der Waals surface area contributed by atoms with Crippen molar-refractivity contribution in [2.45, 2.75) is 19.4 Å². The summed E-state index contributed by atoms with van der Waals surface area (Å²) in [5, 5.41) is 7.07. The van der Waals surface area contributed by atoms with Gasteiger partial charge in [-0.1, -0.05) is 0 Å². The van der Waals surface area contributed by atoms with E-state index >= 15 is 0 Å². The number of rotatable bonds is 2. The van der Waals surface area contributed by atoms with Gasteiger partial charge in [-0.15, -0.1) is 0 Å². The Labute approximate surface area is 60.6 Å². The van der Waals surface area contributed by atoms with Gasteiger partial charge in [-0.3, -0.25) is 5.43 Å². The van der Waals surface area contributed by atoms with Crippen LogP contribution in [0, 0.1) is 0 Å². The fraction of sp³-hybridized carbons (Fsp3) is 0.833. The van der Waals surface area contributed by atoms with Gasteiger partial charge in [0.2, 0.25) is 0 Å². The Morgan fingerprint density at radius 1 is 1.60 bits per heavy atom. The van der Waals surface area contributed by atoms with E-state index < -0.39 is 0 Å². The molecule has 0 fully saturated rings. The van der Waals surface area contributed by atoms with Crippen molar-refractivity contribution in [3.8, 4) is 0 Å². The number of hydrogen-bond acceptors (Lipinski definition) is 4. The van der Waals surface area contributed by atoms with E-state index in [1.165, 1.54) is 0 Å². The predicted octanol–water partition coefficient (Wildman–Crippen LogP) is -0.125. The standard InChI is InChI=1S/C6H13N3O/c1-6(2,10-3)5-7-4-8-9-5/h8H,4H2,1-3H3,(H,7,9). The zero-order chi connectivity index (χ0) is 7.61. The maximum Gasteiger partial charge on any atom is 0.155 e. The van der Waals surface area contributed by atoms with Gasteiger partial charge in [0.25, 0.3) is 0 Å². The summed E-state index contributed by atoms with van der Waals surface area (Å²) in [6, 6.07) is 0. The fourth-order valence-corrected chi connectivity index (χ4v) is 0.726. The Morgan fingerprint density at radius 3 is 2.70 bits per heavy atom. The van der Waals surface area contributed by atoms with Crippen molar-refractivity contribution in [3.05, 3.63) is 0 Å². The van der Waals surface area contributed by atoms with Gasteiger partial charge in [0.1, 0.15) is 12.3 Å². The van der Waals surface area contributed by atoms with Crippen LogP contribution >= 0.6 is 0 Å². The molecule has 0 aliphatic carbocycles. The Kier molecular flexibility index (Phi) is 1.80. The van der Waals surface area contributed by atoms with E-state index in [4.69, 9.17) is 4.74 Å². The average molecular weight is 143 g/mol. The van der Waals surface area contributed by atoms with Crippen molar-refractivity contribution < 1.29 is 4.74 Å². The monoisotopic (exact) mass is 143 g/mol. The number of amidine groups is 1. The van der Waals surface area contributed by atoms with Crippen LogP contribution in [0.2, 0.25) is 0 Å². The van der Waals surface area contributed by atoms with Crippen LogP contribution in [0.1, 0.15) is 13.8 Å². The number of hydrogen-bond donors (Lipinski definition) is 2. The van der Waals surface area contributed by atoms with Gasteiger partial charge in [0, 0.05) is 7.11 Å². The van der Waals surface area contributed by atoms with Crippen molar-refractivity contribution in [3.63, 3.8) is 0 Å². The zero-order valence-corrected chi connectivity index (χ0v) is 6.56. The Balaban J connectivity index is 2.62. The molecule has 0 spiro atoms. The van der Waals surface area contributed by atoms with Crippen molar-refractivity contribution in [2.75, 3.05) is 13.8 Å². The number of nitrogens with zero attached hydrogens (tertiary/aromatic N) is 1. The predicted molar refractivity (Wildman–Crippen MR) is 39.7 cm³/mol. The highest BCUT2D eigenvalue weighted by molar-refractivity contribution is 5.90. The van der Waals surface area contributed by atoms with Gasteiger partial charge < -0.3 is 10.1 Å². The minimum Gasteiger partial charge on any atom is -0.371 e. The molecule has 1 heterocycles. The van der Waals surface area contributed by atoms with E-state index in [9.17, 15) is 0 Å². The molecule has 0 radical (unpaired) electrons. The van der Waals surface area contributed by atoms with Crippen molar-refractivity contribution >= 4 is 5.84 Å². The van der Waals surface area contributed by atoms with Gasteiger partial charge >= 0.3 is 0 Å². The lowest BCUT2D eigenvalue weighted by atomic mass is 10.1. The molecule has 1 rings (SSSR count). The summed E-state index contributed by atoms with van der Waals surface area (Å²) in [6.07, 6.45) is 0. The largest absolute Gasteiger partial charge is 0.371 e. The number of nitrogens with one attached hydrogen (secondary N) is 2. The molecule has 0 atom stereocenters. The Bertz CT molecular complexity index is 153. The molecular formula is C6H13N3O. The van der Waals surface area contributed by atoms with Crippen LogP contribution in [0.4, 0.5) is 0 Å². The molecule has 0 aromatic rings. The summed E-state index contributed by atoms with van der Waals surface area (Å²) in [4.78, 5) is 0. The van der Waals surface area contributed by atoms with Gasteiger partial charge in [0.05, 0.1) is 0 Å².